The van der Waals surface area contributed by atoms with Crippen molar-refractivity contribution >= 4 is 33.4 Å². The van der Waals surface area contributed by atoms with E-state index in [1.54, 1.807) is 38.1 Å². The summed E-state index contributed by atoms with van der Waals surface area (Å²) in [5, 5.41) is 3.21. The lowest BCUT2D eigenvalue weighted by molar-refractivity contribution is -0.139. The van der Waals surface area contributed by atoms with Gasteiger partial charge in [0, 0.05) is 10.7 Å². The Kier molecular flexibility index (Phi) is 5.48. The van der Waals surface area contributed by atoms with E-state index < -0.39 is 33.9 Å². The summed E-state index contributed by atoms with van der Waals surface area (Å²) in [6, 6.07) is 5.21. The third-order valence-corrected chi connectivity index (χ3v) is 6.91. The summed E-state index contributed by atoms with van der Waals surface area (Å²) in [5.41, 5.74) is 1.23. The SMILES string of the molecule is CCOC(=O)C1=C(C)N(C2CCS(=O)(=O)C2)C(=O)NC1c1ccccc1Cl. The maximum Gasteiger partial charge on any atom is 0.338 e. The Morgan fingerprint density at radius 2 is 2.07 bits per heavy atom. The van der Waals surface area contributed by atoms with Gasteiger partial charge in [-0.15, -0.1) is 0 Å². The van der Waals surface area contributed by atoms with E-state index in [9.17, 15) is 18.0 Å². The number of esters is 1. The van der Waals surface area contributed by atoms with Gasteiger partial charge in [0.15, 0.2) is 9.84 Å². The third-order valence-electron chi connectivity index (χ3n) is 4.81. The molecule has 1 saturated heterocycles. The first-order valence-corrected chi connectivity index (χ1v) is 10.9. The van der Waals surface area contributed by atoms with Crippen LogP contribution in [0, 0.1) is 0 Å². The summed E-state index contributed by atoms with van der Waals surface area (Å²) in [6.07, 6.45) is 0.333. The van der Waals surface area contributed by atoms with Crippen LogP contribution < -0.4 is 5.32 Å². The molecule has 0 bridgehead atoms. The van der Waals surface area contributed by atoms with E-state index in [0.29, 0.717) is 22.7 Å². The lowest BCUT2D eigenvalue weighted by Crippen LogP contribution is -2.52. The van der Waals surface area contributed by atoms with E-state index in [-0.39, 0.29) is 23.7 Å². The van der Waals surface area contributed by atoms with Crippen molar-refractivity contribution in [3.8, 4) is 0 Å². The first-order chi connectivity index (χ1) is 12.7. The highest BCUT2D eigenvalue weighted by molar-refractivity contribution is 7.91. The molecule has 0 spiro atoms. The van der Waals surface area contributed by atoms with Crippen molar-refractivity contribution in [2.24, 2.45) is 0 Å². The molecule has 0 aliphatic carbocycles. The third kappa shape index (κ3) is 3.82. The number of carbonyl (C=O) groups is 2. The van der Waals surface area contributed by atoms with E-state index in [1.165, 1.54) is 4.90 Å². The average Bonchev–Trinajstić information content (AvgIpc) is 2.94. The van der Waals surface area contributed by atoms with E-state index in [1.807, 2.05) is 0 Å². The molecular weight excluding hydrogens is 392 g/mol. The van der Waals surface area contributed by atoms with Gasteiger partial charge in [-0.25, -0.2) is 18.0 Å². The molecule has 3 rings (SSSR count). The average molecular weight is 413 g/mol. The standard InChI is InChI=1S/C18H21ClN2O5S/c1-3-26-17(22)15-11(2)21(12-8-9-27(24,25)10-12)18(23)20-16(15)13-6-4-5-7-14(13)19/h4-7,12,16H,3,8-10H2,1-2H3,(H,20,23). The van der Waals surface area contributed by atoms with Crippen molar-refractivity contribution in [1.82, 2.24) is 10.2 Å². The van der Waals surface area contributed by atoms with Gasteiger partial charge in [0.05, 0.1) is 35.8 Å². The number of sulfone groups is 1. The lowest BCUT2D eigenvalue weighted by atomic mass is 9.94. The minimum absolute atomic E-state index is 0.0252. The number of ether oxygens (including phenoxy) is 1. The summed E-state index contributed by atoms with van der Waals surface area (Å²) >= 11 is 6.28. The van der Waals surface area contributed by atoms with Gasteiger partial charge in [-0.1, -0.05) is 29.8 Å². The van der Waals surface area contributed by atoms with Crippen molar-refractivity contribution in [1.29, 1.82) is 0 Å². The van der Waals surface area contributed by atoms with Gasteiger partial charge in [0.2, 0.25) is 0 Å². The summed E-state index contributed by atoms with van der Waals surface area (Å²) in [4.78, 5) is 26.9. The molecule has 1 aromatic carbocycles. The van der Waals surface area contributed by atoms with Crippen LogP contribution in [-0.2, 0) is 19.4 Å². The second-order valence-electron chi connectivity index (χ2n) is 6.55. The van der Waals surface area contributed by atoms with E-state index in [2.05, 4.69) is 5.32 Å². The zero-order valence-electron chi connectivity index (χ0n) is 15.1. The highest BCUT2D eigenvalue weighted by Gasteiger charge is 2.43. The normalized spacial score (nSPS) is 24.7. The maximum atomic E-state index is 12.8. The Morgan fingerprint density at radius 1 is 1.37 bits per heavy atom. The second kappa shape index (κ2) is 7.52. The van der Waals surface area contributed by atoms with E-state index in [4.69, 9.17) is 16.3 Å². The fraction of sp³-hybridized carbons (Fsp3) is 0.444. The molecule has 0 saturated carbocycles. The molecule has 146 valence electrons. The smallest absolute Gasteiger partial charge is 0.338 e. The van der Waals surface area contributed by atoms with Crippen molar-refractivity contribution in [3.05, 3.63) is 46.1 Å². The maximum absolute atomic E-state index is 12.8. The van der Waals surface area contributed by atoms with Crippen molar-refractivity contribution < 1.29 is 22.7 Å². The van der Waals surface area contributed by atoms with Gasteiger partial charge in [-0.05, 0) is 31.9 Å². The summed E-state index contributed by atoms with van der Waals surface area (Å²) in [5.74, 6) is -0.659. The minimum Gasteiger partial charge on any atom is -0.463 e. The van der Waals surface area contributed by atoms with Crippen LogP contribution in [0.4, 0.5) is 4.79 Å². The summed E-state index contributed by atoms with van der Waals surface area (Å²) in [7, 11) is -3.19. The number of halogens is 1. The highest BCUT2D eigenvalue weighted by Crippen LogP contribution is 2.36. The number of benzene rings is 1. The molecule has 2 aliphatic heterocycles. The number of urea groups is 1. The van der Waals surface area contributed by atoms with Crippen LogP contribution in [0.3, 0.4) is 0 Å². The first-order valence-electron chi connectivity index (χ1n) is 8.67. The molecule has 1 aromatic rings. The van der Waals surface area contributed by atoms with Gasteiger partial charge in [0.1, 0.15) is 0 Å². The van der Waals surface area contributed by atoms with E-state index >= 15 is 0 Å². The molecule has 1 N–H and O–H groups in total. The van der Waals surface area contributed by atoms with Gasteiger partial charge in [0.25, 0.3) is 0 Å². The first kappa shape index (κ1) is 19.7. The van der Waals surface area contributed by atoms with Gasteiger partial charge < -0.3 is 10.1 Å². The number of carbonyl (C=O) groups excluding carboxylic acids is 2. The Hall–Kier alpha value is -2.06. The number of allylic oxidation sites excluding steroid dienone is 1. The van der Waals surface area contributed by atoms with E-state index in [0.717, 1.165) is 0 Å². The van der Waals surface area contributed by atoms with Crippen molar-refractivity contribution in [2.75, 3.05) is 18.1 Å². The van der Waals surface area contributed by atoms with Crippen LogP contribution in [0.5, 0.6) is 0 Å². The van der Waals surface area contributed by atoms with Crippen LogP contribution in [0.25, 0.3) is 0 Å². The number of nitrogens with zero attached hydrogens (tertiary/aromatic N) is 1. The molecule has 0 aromatic heterocycles. The zero-order valence-corrected chi connectivity index (χ0v) is 16.6. The molecule has 1 fully saturated rings. The molecule has 2 amide bonds. The van der Waals surface area contributed by atoms with Crippen LogP contribution in [-0.4, -0.2) is 49.5 Å². The summed E-state index contributed by atoms with van der Waals surface area (Å²) in [6.45, 7) is 3.51. The number of hydrogen-bond acceptors (Lipinski definition) is 5. The fourth-order valence-corrected chi connectivity index (χ4v) is 5.54. The zero-order chi connectivity index (χ0) is 19.8. The van der Waals surface area contributed by atoms with Gasteiger partial charge in [-0.3, -0.25) is 4.90 Å². The molecule has 2 unspecified atom stereocenters. The predicted molar refractivity (Wildman–Crippen MR) is 101 cm³/mol. The largest absolute Gasteiger partial charge is 0.463 e. The number of hydrogen-bond donors (Lipinski definition) is 1. The molecule has 9 heteroatoms. The van der Waals surface area contributed by atoms with Crippen LogP contribution >= 0.6 is 11.6 Å². The molecule has 2 heterocycles. The summed E-state index contributed by atoms with van der Waals surface area (Å²) < 4.78 is 28.9. The van der Waals surface area contributed by atoms with Crippen molar-refractivity contribution in [2.45, 2.75) is 32.4 Å². The fourth-order valence-electron chi connectivity index (χ4n) is 3.59. The van der Waals surface area contributed by atoms with Crippen LogP contribution in [0.2, 0.25) is 5.02 Å². The van der Waals surface area contributed by atoms with Crippen LogP contribution in [0.15, 0.2) is 35.5 Å². The number of nitrogens with one attached hydrogen (secondary N) is 1. The van der Waals surface area contributed by atoms with Gasteiger partial charge in [-0.2, -0.15) is 0 Å². The molecule has 0 radical (unpaired) electrons. The lowest BCUT2D eigenvalue weighted by Gasteiger charge is -2.38. The second-order valence-corrected chi connectivity index (χ2v) is 9.19. The Morgan fingerprint density at radius 3 is 2.67 bits per heavy atom. The highest BCUT2D eigenvalue weighted by atomic mass is 35.5. The monoisotopic (exact) mass is 412 g/mol. The molecule has 27 heavy (non-hydrogen) atoms. The molecule has 2 atom stereocenters. The Labute approximate surface area is 163 Å². The minimum atomic E-state index is -3.19. The number of amides is 2. The quantitative estimate of drug-likeness (QED) is 0.766. The predicted octanol–water partition coefficient (Wildman–Crippen LogP) is 2.43. The Balaban J connectivity index is 2.08. The number of rotatable bonds is 4. The van der Waals surface area contributed by atoms with Crippen LogP contribution in [0.1, 0.15) is 31.9 Å². The van der Waals surface area contributed by atoms with Gasteiger partial charge >= 0.3 is 12.0 Å². The molecule has 7 nitrogen and oxygen atoms in total. The van der Waals surface area contributed by atoms with Crippen molar-refractivity contribution in [3.63, 3.8) is 0 Å². The molecular formula is C18H21ClN2O5S. The molecule has 2 aliphatic rings. The Bertz CT molecular complexity index is 912. The topological polar surface area (TPSA) is 92.8 Å².